The van der Waals surface area contributed by atoms with Gasteiger partial charge < -0.3 is 0 Å². The van der Waals surface area contributed by atoms with Gasteiger partial charge in [-0.05, 0) is 48.5 Å². The smallest absolute Gasteiger partial charge is 0.235 e. The molecule has 0 aliphatic rings. The molecule has 0 amide bonds. The van der Waals surface area contributed by atoms with Crippen LogP contribution in [0.25, 0.3) is 93.8 Å². The second kappa shape index (κ2) is 9.05. The minimum Gasteiger partial charge on any atom is -0.295 e. The summed E-state index contributed by atoms with van der Waals surface area (Å²) in [5, 5.41) is 7.00. The number of nitrogens with zero attached hydrogens (tertiary/aromatic N) is 5. The van der Waals surface area contributed by atoms with E-state index in [0.717, 1.165) is 38.8 Å². The average Bonchev–Trinajstić information content (AvgIpc) is 3.81. The van der Waals surface area contributed by atoms with E-state index in [4.69, 9.17) is 9.97 Å². The molecule has 218 valence electrons. The molecule has 0 bridgehead atoms. The molecule has 5 heterocycles. The topological polar surface area (TPSA) is 39.5 Å². The Hall–Kier alpha value is -6.46. The Bertz CT molecular complexity index is 3070. The molecule has 0 aliphatic heterocycles. The zero-order valence-electron chi connectivity index (χ0n) is 25.2. The van der Waals surface area contributed by atoms with Crippen LogP contribution in [0.3, 0.4) is 0 Å². The first-order chi connectivity index (χ1) is 23.3. The number of benzene rings is 6. The second-order valence-corrected chi connectivity index (χ2v) is 12.3. The molecule has 0 radical (unpaired) electrons. The van der Waals surface area contributed by atoms with Crippen molar-refractivity contribution in [1.29, 1.82) is 0 Å². The van der Waals surface area contributed by atoms with Crippen molar-refractivity contribution in [1.82, 2.24) is 23.3 Å². The molecule has 5 heteroatoms. The van der Waals surface area contributed by atoms with E-state index in [1.807, 2.05) is 12.1 Å². The normalized spacial score (nSPS) is 12.3. The molecule has 0 aliphatic carbocycles. The maximum Gasteiger partial charge on any atom is 0.235 e. The van der Waals surface area contributed by atoms with Crippen molar-refractivity contribution in [2.24, 2.45) is 0 Å². The standard InChI is InChI=1S/C42H25N5/c1-2-12-26(13-3-1)41-30-17-6-8-18-33(30)43-42(44-41)47-36-21-11-7-16-29(36)31-24-39-32(25-38(31)47)37-22-27-14-4-9-19-34(27)45(37)40-23-28-15-5-10-20-35(28)46(39)40/h1-25H. The number of fused-ring (bicyclic) bond motifs is 14. The van der Waals surface area contributed by atoms with Crippen LogP contribution in [-0.4, -0.2) is 23.3 Å². The number of hydrogen-bond acceptors (Lipinski definition) is 2. The van der Waals surface area contributed by atoms with E-state index in [-0.39, 0.29) is 0 Å². The largest absolute Gasteiger partial charge is 0.295 e. The van der Waals surface area contributed by atoms with E-state index < -0.39 is 0 Å². The van der Waals surface area contributed by atoms with Crippen LogP contribution in [0, 0.1) is 0 Å². The predicted molar refractivity (Wildman–Crippen MR) is 194 cm³/mol. The van der Waals surface area contributed by atoms with Gasteiger partial charge in [0.15, 0.2) is 0 Å². The Labute approximate surface area is 268 Å². The summed E-state index contributed by atoms with van der Waals surface area (Å²) in [4.78, 5) is 10.5. The maximum absolute atomic E-state index is 5.32. The van der Waals surface area contributed by atoms with Gasteiger partial charge in [-0.3, -0.25) is 13.4 Å². The molecular weight excluding hydrogens is 574 g/mol. The van der Waals surface area contributed by atoms with Gasteiger partial charge in [0, 0.05) is 37.9 Å². The van der Waals surface area contributed by atoms with Crippen molar-refractivity contribution in [2.75, 3.05) is 0 Å². The van der Waals surface area contributed by atoms with Crippen molar-refractivity contribution in [2.45, 2.75) is 0 Å². The quantitative estimate of drug-likeness (QED) is 0.198. The van der Waals surface area contributed by atoms with E-state index in [0.29, 0.717) is 5.95 Å². The maximum atomic E-state index is 5.32. The summed E-state index contributed by atoms with van der Waals surface area (Å²) in [6, 6.07) is 54.1. The Morgan fingerprint density at radius 1 is 0.383 bits per heavy atom. The fourth-order valence-electron chi connectivity index (χ4n) is 7.75. The number of aromatic nitrogens is 5. The molecule has 11 aromatic rings. The Balaban J connectivity index is 1.34. The average molecular weight is 600 g/mol. The van der Waals surface area contributed by atoms with Gasteiger partial charge in [-0.2, -0.15) is 0 Å². The molecule has 47 heavy (non-hydrogen) atoms. The molecule has 0 saturated carbocycles. The lowest BCUT2D eigenvalue weighted by Gasteiger charge is -2.13. The first-order valence-electron chi connectivity index (χ1n) is 15.9. The van der Waals surface area contributed by atoms with Crippen LogP contribution < -0.4 is 0 Å². The fourth-order valence-corrected chi connectivity index (χ4v) is 7.75. The van der Waals surface area contributed by atoms with Crippen LogP contribution in [0.15, 0.2) is 152 Å². The third-order valence-corrected chi connectivity index (χ3v) is 9.78. The number of hydrogen-bond donors (Lipinski definition) is 0. The Morgan fingerprint density at radius 2 is 0.979 bits per heavy atom. The van der Waals surface area contributed by atoms with Gasteiger partial charge in [0.05, 0.1) is 44.3 Å². The summed E-state index contributed by atoms with van der Waals surface area (Å²) in [5.74, 6) is 0.664. The lowest BCUT2D eigenvalue weighted by atomic mass is 10.1. The molecule has 0 atom stereocenters. The molecule has 0 N–H and O–H groups in total. The van der Waals surface area contributed by atoms with Crippen LogP contribution in [0.2, 0.25) is 0 Å². The van der Waals surface area contributed by atoms with Gasteiger partial charge in [0.25, 0.3) is 0 Å². The van der Waals surface area contributed by atoms with Crippen LogP contribution in [0.4, 0.5) is 0 Å². The molecule has 0 saturated heterocycles. The molecule has 0 spiro atoms. The fraction of sp³-hybridized carbons (Fsp3) is 0. The van der Waals surface area contributed by atoms with Gasteiger partial charge in [0.1, 0.15) is 5.65 Å². The zero-order chi connectivity index (χ0) is 30.6. The van der Waals surface area contributed by atoms with Gasteiger partial charge in [-0.1, -0.05) is 103 Å². The zero-order valence-corrected chi connectivity index (χ0v) is 25.2. The third-order valence-electron chi connectivity index (χ3n) is 9.78. The predicted octanol–water partition coefficient (Wildman–Crippen LogP) is 10.4. The highest BCUT2D eigenvalue weighted by Crippen LogP contribution is 2.39. The summed E-state index contributed by atoms with van der Waals surface area (Å²) in [6.07, 6.45) is 0. The highest BCUT2D eigenvalue weighted by Gasteiger charge is 2.21. The summed E-state index contributed by atoms with van der Waals surface area (Å²) < 4.78 is 7.09. The van der Waals surface area contributed by atoms with Crippen LogP contribution in [-0.2, 0) is 0 Å². The lowest BCUT2D eigenvalue weighted by Crippen LogP contribution is -2.03. The van der Waals surface area contributed by atoms with Gasteiger partial charge in [-0.25, -0.2) is 9.97 Å². The van der Waals surface area contributed by atoms with Crippen molar-refractivity contribution >= 4 is 76.6 Å². The minimum atomic E-state index is 0.664. The van der Waals surface area contributed by atoms with Gasteiger partial charge in [0.2, 0.25) is 5.95 Å². The molecule has 5 aromatic heterocycles. The summed E-state index contributed by atoms with van der Waals surface area (Å²) in [7, 11) is 0. The van der Waals surface area contributed by atoms with Crippen LogP contribution in [0.5, 0.6) is 0 Å². The molecule has 5 nitrogen and oxygen atoms in total. The highest BCUT2D eigenvalue weighted by atomic mass is 15.2. The first-order valence-corrected chi connectivity index (χ1v) is 15.9. The Kier molecular flexibility index (Phi) is 4.78. The van der Waals surface area contributed by atoms with E-state index in [1.54, 1.807) is 0 Å². The minimum absolute atomic E-state index is 0.664. The summed E-state index contributed by atoms with van der Waals surface area (Å²) >= 11 is 0. The number of para-hydroxylation sites is 4. The van der Waals surface area contributed by atoms with E-state index in [2.05, 4.69) is 153 Å². The van der Waals surface area contributed by atoms with E-state index in [9.17, 15) is 0 Å². The van der Waals surface area contributed by atoms with Gasteiger partial charge >= 0.3 is 0 Å². The molecular formula is C42H25N5. The third kappa shape index (κ3) is 3.32. The summed E-state index contributed by atoms with van der Waals surface area (Å²) in [6.45, 7) is 0. The molecule has 11 rings (SSSR count). The van der Waals surface area contributed by atoms with E-state index in [1.165, 1.54) is 49.0 Å². The first kappa shape index (κ1) is 24.8. The SMILES string of the molecule is c1ccc(-c2nc(-n3c4ccccc4c4cc5c(cc43)c3cc4ccccc4n3c3cc4ccccc4n53)nc3ccccc23)cc1. The van der Waals surface area contributed by atoms with Crippen molar-refractivity contribution in [3.8, 4) is 17.2 Å². The molecule has 6 aromatic carbocycles. The van der Waals surface area contributed by atoms with Crippen LogP contribution in [0.1, 0.15) is 0 Å². The lowest BCUT2D eigenvalue weighted by molar-refractivity contribution is 1.01. The molecule has 0 fully saturated rings. The van der Waals surface area contributed by atoms with Crippen molar-refractivity contribution < 1.29 is 0 Å². The summed E-state index contributed by atoms with van der Waals surface area (Å²) in [5.41, 5.74) is 11.0. The molecule has 0 unspecified atom stereocenters. The van der Waals surface area contributed by atoms with E-state index >= 15 is 0 Å². The van der Waals surface area contributed by atoms with Crippen molar-refractivity contribution in [3.05, 3.63) is 152 Å². The van der Waals surface area contributed by atoms with Crippen molar-refractivity contribution in [3.63, 3.8) is 0 Å². The van der Waals surface area contributed by atoms with Crippen LogP contribution >= 0.6 is 0 Å². The monoisotopic (exact) mass is 599 g/mol. The Morgan fingerprint density at radius 3 is 1.77 bits per heavy atom. The number of rotatable bonds is 2. The van der Waals surface area contributed by atoms with Gasteiger partial charge in [-0.15, -0.1) is 0 Å². The second-order valence-electron chi connectivity index (χ2n) is 12.3. The highest BCUT2D eigenvalue weighted by molar-refractivity contribution is 6.17.